The molecule has 0 saturated heterocycles. The first-order chi connectivity index (χ1) is 16.0. The number of amides is 1. The molecule has 0 fully saturated rings. The van der Waals surface area contributed by atoms with E-state index in [1.165, 1.54) is 0 Å². The van der Waals surface area contributed by atoms with Gasteiger partial charge in [0.25, 0.3) is 5.91 Å². The van der Waals surface area contributed by atoms with Crippen molar-refractivity contribution >= 4 is 11.6 Å². The number of hydrogen-bond donors (Lipinski definition) is 1. The van der Waals surface area contributed by atoms with E-state index in [-0.39, 0.29) is 5.91 Å². The Hall–Kier alpha value is -4.26. The molecular formula is C26H25N3O4. The van der Waals surface area contributed by atoms with Gasteiger partial charge < -0.3 is 19.5 Å². The van der Waals surface area contributed by atoms with Gasteiger partial charge in [-0.15, -0.1) is 0 Å². The summed E-state index contributed by atoms with van der Waals surface area (Å²) in [4.78, 5) is 13.4. The summed E-state index contributed by atoms with van der Waals surface area (Å²) in [6.07, 6.45) is 1.74. The maximum Gasteiger partial charge on any atom is 0.259 e. The zero-order valence-corrected chi connectivity index (χ0v) is 19.0. The van der Waals surface area contributed by atoms with Crippen molar-refractivity contribution in [3.63, 3.8) is 0 Å². The number of hydrogen-bond acceptors (Lipinski definition) is 5. The van der Waals surface area contributed by atoms with E-state index >= 15 is 0 Å². The number of aryl methyl sites for hydroxylation is 1. The molecule has 168 valence electrons. The molecule has 1 aromatic heterocycles. The molecule has 7 heteroatoms. The Morgan fingerprint density at radius 2 is 1.55 bits per heavy atom. The number of nitrogens with zero attached hydrogens (tertiary/aromatic N) is 2. The highest BCUT2D eigenvalue weighted by molar-refractivity contribution is 6.08. The molecule has 3 aromatic carbocycles. The summed E-state index contributed by atoms with van der Waals surface area (Å²) in [5.41, 5.74) is 4.15. The topological polar surface area (TPSA) is 74.6 Å². The Bertz CT molecular complexity index is 1260. The Morgan fingerprint density at radius 3 is 2.18 bits per heavy atom. The monoisotopic (exact) mass is 443 g/mol. The number of ether oxygens (including phenoxy) is 3. The third-order valence-electron chi connectivity index (χ3n) is 5.32. The largest absolute Gasteiger partial charge is 0.497 e. The van der Waals surface area contributed by atoms with Crippen LogP contribution in [-0.2, 0) is 0 Å². The second-order valence-electron chi connectivity index (χ2n) is 7.38. The van der Waals surface area contributed by atoms with E-state index in [1.54, 1.807) is 38.3 Å². The van der Waals surface area contributed by atoms with E-state index in [1.807, 2.05) is 67.6 Å². The molecule has 0 aliphatic rings. The number of carbonyl (C=O) groups is 1. The summed E-state index contributed by atoms with van der Waals surface area (Å²) in [6.45, 7) is 1.90. The van der Waals surface area contributed by atoms with Crippen LogP contribution in [0.25, 0.3) is 16.9 Å². The fourth-order valence-corrected chi connectivity index (χ4v) is 3.52. The molecule has 33 heavy (non-hydrogen) atoms. The number of aromatic nitrogens is 2. The summed E-state index contributed by atoms with van der Waals surface area (Å²) in [7, 11) is 4.75. The first-order valence-corrected chi connectivity index (χ1v) is 10.4. The Morgan fingerprint density at radius 1 is 0.879 bits per heavy atom. The van der Waals surface area contributed by atoms with E-state index in [0.717, 1.165) is 22.6 Å². The summed E-state index contributed by atoms with van der Waals surface area (Å²) in [5.74, 6) is 1.59. The fourth-order valence-electron chi connectivity index (χ4n) is 3.52. The normalized spacial score (nSPS) is 10.5. The number of benzene rings is 3. The molecule has 0 radical (unpaired) electrons. The zero-order chi connectivity index (χ0) is 23.4. The first kappa shape index (κ1) is 22.0. The minimum Gasteiger partial charge on any atom is -0.497 e. The molecule has 0 aliphatic heterocycles. The number of anilines is 1. The summed E-state index contributed by atoms with van der Waals surface area (Å²) < 4.78 is 17.7. The number of para-hydroxylation sites is 1. The lowest BCUT2D eigenvalue weighted by atomic mass is 10.1. The molecule has 1 amide bonds. The van der Waals surface area contributed by atoms with Crippen LogP contribution in [0.5, 0.6) is 17.2 Å². The molecule has 0 aliphatic carbocycles. The molecule has 1 N–H and O–H groups in total. The van der Waals surface area contributed by atoms with Crippen molar-refractivity contribution in [2.24, 2.45) is 0 Å². The van der Waals surface area contributed by atoms with Crippen molar-refractivity contribution in [1.82, 2.24) is 9.78 Å². The van der Waals surface area contributed by atoms with E-state index in [2.05, 4.69) is 5.32 Å². The zero-order valence-electron chi connectivity index (χ0n) is 19.0. The minimum atomic E-state index is -0.279. The van der Waals surface area contributed by atoms with Gasteiger partial charge in [-0.1, -0.05) is 18.2 Å². The second-order valence-corrected chi connectivity index (χ2v) is 7.38. The standard InChI is InChI=1S/C26H25N3O4/c1-17-14-23(32-3)24(33-4)15-22(17)27-26(30)21-16-29(19-8-6-5-7-9-19)28-25(21)18-10-12-20(31-2)13-11-18/h5-16H,1-4H3,(H,27,30). The smallest absolute Gasteiger partial charge is 0.259 e. The highest BCUT2D eigenvalue weighted by Crippen LogP contribution is 2.34. The molecule has 0 spiro atoms. The molecule has 0 bridgehead atoms. The van der Waals surface area contributed by atoms with Gasteiger partial charge >= 0.3 is 0 Å². The van der Waals surface area contributed by atoms with Crippen LogP contribution < -0.4 is 19.5 Å². The third kappa shape index (κ3) is 4.52. The van der Waals surface area contributed by atoms with Gasteiger partial charge in [0.2, 0.25) is 0 Å². The molecule has 4 rings (SSSR count). The van der Waals surface area contributed by atoms with Crippen molar-refractivity contribution in [2.45, 2.75) is 6.92 Å². The quantitative estimate of drug-likeness (QED) is 0.429. The van der Waals surface area contributed by atoms with Crippen LogP contribution in [0.15, 0.2) is 72.9 Å². The summed E-state index contributed by atoms with van der Waals surface area (Å²) in [6, 6.07) is 20.7. The van der Waals surface area contributed by atoms with Gasteiger partial charge in [-0.05, 0) is 55.0 Å². The average Bonchev–Trinajstić information content (AvgIpc) is 3.31. The molecule has 7 nitrogen and oxygen atoms in total. The second kappa shape index (κ2) is 9.48. The van der Waals surface area contributed by atoms with Crippen molar-refractivity contribution in [1.29, 1.82) is 0 Å². The third-order valence-corrected chi connectivity index (χ3v) is 5.32. The summed E-state index contributed by atoms with van der Waals surface area (Å²) >= 11 is 0. The highest BCUT2D eigenvalue weighted by atomic mass is 16.5. The van der Waals surface area contributed by atoms with Crippen LogP contribution in [0, 0.1) is 6.92 Å². The number of methoxy groups -OCH3 is 3. The van der Waals surface area contributed by atoms with Crippen molar-refractivity contribution in [3.05, 3.63) is 84.1 Å². The number of rotatable bonds is 7. The average molecular weight is 444 g/mol. The lowest BCUT2D eigenvalue weighted by molar-refractivity contribution is 0.102. The van der Waals surface area contributed by atoms with E-state index in [0.29, 0.717) is 28.4 Å². The van der Waals surface area contributed by atoms with Crippen molar-refractivity contribution in [2.75, 3.05) is 26.6 Å². The molecule has 0 unspecified atom stereocenters. The lowest BCUT2D eigenvalue weighted by Crippen LogP contribution is -2.13. The predicted molar refractivity (Wildman–Crippen MR) is 128 cm³/mol. The van der Waals surface area contributed by atoms with Crippen molar-refractivity contribution in [3.8, 4) is 34.2 Å². The van der Waals surface area contributed by atoms with Crippen LogP contribution in [0.2, 0.25) is 0 Å². The Kier molecular flexibility index (Phi) is 6.31. The van der Waals surface area contributed by atoms with Crippen LogP contribution in [0.1, 0.15) is 15.9 Å². The number of nitrogens with one attached hydrogen (secondary N) is 1. The predicted octanol–water partition coefficient (Wildman–Crippen LogP) is 5.13. The Labute approximate surface area is 192 Å². The maximum absolute atomic E-state index is 13.4. The Balaban J connectivity index is 1.75. The van der Waals surface area contributed by atoms with Gasteiger partial charge in [-0.25, -0.2) is 4.68 Å². The van der Waals surface area contributed by atoms with Crippen LogP contribution in [0.3, 0.4) is 0 Å². The molecular weight excluding hydrogens is 418 g/mol. The van der Waals surface area contributed by atoms with Gasteiger partial charge in [-0.3, -0.25) is 4.79 Å². The molecule has 4 aromatic rings. The molecule has 0 atom stereocenters. The van der Waals surface area contributed by atoms with Gasteiger partial charge in [-0.2, -0.15) is 5.10 Å². The van der Waals surface area contributed by atoms with Crippen LogP contribution in [0.4, 0.5) is 5.69 Å². The van der Waals surface area contributed by atoms with E-state index in [9.17, 15) is 4.79 Å². The van der Waals surface area contributed by atoms with Gasteiger partial charge in [0.1, 0.15) is 11.4 Å². The first-order valence-electron chi connectivity index (χ1n) is 10.4. The SMILES string of the molecule is COc1ccc(-c2nn(-c3ccccc3)cc2C(=O)Nc2cc(OC)c(OC)cc2C)cc1. The number of carbonyl (C=O) groups excluding carboxylic acids is 1. The maximum atomic E-state index is 13.4. The summed E-state index contributed by atoms with van der Waals surface area (Å²) in [5, 5.41) is 7.72. The van der Waals surface area contributed by atoms with E-state index < -0.39 is 0 Å². The molecule has 0 saturated carbocycles. The van der Waals surface area contributed by atoms with Gasteiger partial charge in [0.05, 0.1) is 32.6 Å². The fraction of sp³-hybridized carbons (Fsp3) is 0.154. The van der Waals surface area contributed by atoms with E-state index in [4.69, 9.17) is 19.3 Å². The lowest BCUT2D eigenvalue weighted by Gasteiger charge is -2.13. The van der Waals surface area contributed by atoms with Crippen molar-refractivity contribution < 1.29 is 19.0 Å². The van der Waals surface area contributed by atoms with Gasteiger partial charge in [0.15, 0.2) is 11.5 Å². The molecule has 1 heterocycles. The highest BCUT2D eigenvalue weighted by Gasteiger charge is 2.20. The van der Waals surface area contributed by atoms with Crippen LogP contribution >= 0.6 is 0 Å². The minimum absolute atomic E-state index is 0.279. The van der Waals surface area contributed by atoms with Crippen LogP contribution in [-0.4, -0.2) is 37.0 Å². The van der Waals surface area contributed by atoms with Gasteiger partial charge in [0, 0.05) is 23.5 Å².